The molecule has 0 saturated carbocycles. The molecule has 0 aliphatic heterocycles. The summed E-state index contributed by atoms with van der Waals surface area (Å²) in [6.45, 7) is 2.04. The summed E-state index contributed by atoms with van der Waals surface area (Å²) in [7, 11) is 0. The van der Waals surface area contributed by atoms with Crippen LogP contribution in [0, 0.1) is 0 Å². The monoisotopic (exact) mass is 933 g/mol. The fraction of sp³-hybridized carbons (Fsp3) is 0.319. The molecule has 6 aromatic rings. The molecule has 3 aromatic heterocycles. The standard InChI is InChI=1S/C47H55N11O10/c1-25(59)40(58-44(64)37(53-39(61)20-48)19-30-23-49-24-52-30)45(65)55-35(17-28-21-50-33-14-8-6-12-31(28)33)42(62)54-36(18-29-22-51-34-15-9-7-13-32(29)34)43(63)57-41(26(2)60)46(66)56-38(47(67)68)16-27-10-4-3-5-11-27/h3-15,21-26,35-38,40-41,50-51,59-60H,16-20,48H2,1-2H3,(H,49,52)(H,53,61)(H,54,62)(H,55,65)(H,56,66)(H,57,63)(H,58,64)(H,67,68). The van der Waals surface area contributed by atoms with Crippen LogP contribution in [0.4, 0.5) is 0 Å². The van der Waals surface area contributed by atoms with Crippen molar-refractivity contribution in [3.8, 4) is 0 Å². The van der Waals surface area contributed by atoms with Crippen LogP contribution >= 0.6 is 0 Å². The number of aliphatic hydroxyl groups excluding tert-OH is 2. The highest BCUT2D eigenvalue weighted by Gasteiger charge is 2.36. The van der Waals surface area contributed by atoms with Gasteiger partial charge in [-0.2, -0.15) is 0 Å². The zero-order valence-corrected chi connectivity index (χ0v) is 37.2. The summed E-state index contributed by atoms with van der Waals surface area (Å²) in [5.74, 6) is -6.70. The van der Waals surface area contributed by atoms with Gasteiger partial charge in [0.2, 0.25) is 35.4 Å². The van der Waals surface area contributed by atoms with Crippen molar-refractivity contribution in [3.05, 3.63) is 126 Å². The van der Waals surface area contributed by atoms with Crippen molar-refractivity contribution >= 4 is 63.2 Å². The molecule has 0 aliphatic rings. The van der Waals surface area contributed by atoms with Crippen LogP contribution in [-0.2, 0) is 59.2 Å². The maximum atomic E-state index is 14.7. The minimum Gasteiger partial charge on any atom is -0.480 e. The molecule has 3 aromatic carbocycles. The second-order valence-electron chi connectivity index (χ2n) is 16.4. The first kappa shape index (κ1) is 49.6. The Kier molecular flexibility index (Phi) is 16.8. The van der Waals surface area contributed by atoms with Gasteiger partial charge in [-0.15, -0.1) is 0 Å². The molecule has 21 heteroatoms. The second kappa shape index (κ2) is 23.0. The topological polar surface area (TPSA) is 339 Å². The number of aliphatic carboxylic acids is 1. The van der Waals surface area contributed by atoms with Gasteiger partial charge >= 0.3 is 5.97 Å². The minimum absolute atomic E-state index is 0.0808. The van der Waals surface area contributed by atoms with Gasteiger partial charge in [0.15, 0.2) is 0 Å². The van der Waals surface area contributed by atoms with Gasteiger partial charge in [-0.05, 0) is 42.7 Å². The van der Waals surface area contributed by atoms with E-state index in [0.29, 0.717) is 33.2 Å². The average molecular weight is 934 g/mol. The van der Waals surface area contributed by atoms with Gasteiger partial charge in [-0.1, -0.05) is 66.7 Å². The summed E-state index contributed by atoms with van der Waals surface area (Å²) in [6, 6.07) is 13.9. The lowest BCUT2D eigenvalue weighted by Crippen LogP contribution is -2.62. The Morgan fingerprint density at radius 1 is 0.559 bits per heavy atom. The molecule has 68 heavy (non-hydrogen) atoms. The minimum atomic E-state index is -1.69. The number of carboxylic acids is 1. The number of carbonyl (C=O) groups is 7. The fourth-order valence-electron chi connectivity index (χ4n) is 7.70. The molecule has 0 spiro atoms. The van der Waals surface area contributed by atoms with Gasteiger partial charge in [0.25, 0.3) is 0 Å². The van der Waals surface area contributed by atoms with Crippen molar-refractivity contribution in [2.45, 2.75) is 88.0 Å². The number of aliphatic hydroxyl groups is 2. The number of aromatic amines is 3. The highest BCUT2D eigenvalue weighted by Crippen LogP contribution is 2.22. The third-order valence-corrected chi connectivity index (χ3v) is 11.3. The van der Waals surface area contributed by atoms with Crippen molar-refractivity contribution in [1.82, 2.24) is 51.8 Å². The lowest BCUT2D eigenvalue weighted by molar-refractivity contribution is -0.143. The van der Waals surface area contributed by atoms with E-state index >= 15 is 0 Å². The van der Waals surface area contributed by atoms with E-state index in [2.05, 4.69) is 51.8 Å². The molecule has 21 nitrogen and oxygen atoms in total. The van der Waals surface area contributed by atoms with Crippen LogP contribution in [0.1, 0.15) is 36.2 Å². The van der Waals surface area contributed by atoms with E-state index in [1.807, 2.05) is 12.1 Å². The maximum Gasteiger partial charge on any atom is 0.326 e. The van der Waals surface area contributed by atoms with Gasteiger partial charge in [-0.3, -0.25) is 28.8 Å². The maximum absolute atomic E-state index is 14.7. The first-order valence-electron chi connectivity index (χ1n) is 21.8. The molecule has 0 bridgehead atoms. The smallest absolute Gasteiger partial charge is 0.326 e. The average Bonchev–Trinajstić information content (AvgIpc) is 4.10. The van der Waals surface area contributed by atoms with Gasteiger partial charge < -0.3 is 67.9 Å². The summed E-state index contributed by atoms with van der Waals surface area (Å²) in [5, 5.41) is 48.4. The number of nitrogens with two attached hydrogens (primary N) is 1. The van der Waals surface area contributed by atoms with Gasteiger partial charge in [0.05, 0.1) is 25.1 Å². The number of amides is 6. The number of fused-ring (bicyclic) bond motifs is 2. The number of nitrogens with one attached hydrogen (secondary N) is 9. The Morgan fingerprint density at radius 3 is 1.49 bits per heavy atom. The molecular formula is C47H55N11O10. The van der Waals surface area contributed by atoms with Gasteiger partial charge in [-0.25, -0.2) is 9.78 Å². The normalized spacial score (nSPS) is 14.8. The summed E-state index contributed by atoms with van der Waals surface area (Å²) in [6.07, 6.45) is 2.51. The Morgan fingerprint density at radius 2 is 1.01 bits per heavy atom. The van der Waals surface area contributed by atoms with Crippen LogP contribution in [0.2, 0.25) is 0 Å². The number of rotatable bonds is 23. The third kappa shape index (κ3) is 12.9. The van der Waals surface area contributed by atoms with Crippen LogP contribution in [0.25, 0.3) is 21.8 Å². The van der Waals surface area contributed by atoms with E-state index < -0.39 is 96.4 Å². The fourth-order valence-corrected chi connectivity index (χ4v) is 7.70. The number of benzene rings is 3. The van der Waals surface area contributed by atoms with Crippen LogP contribution in [0.3, 0.4) is 0 Å². The number of carbonyl (C=O) groups excluding carboxylic acids is 6. The van der Waals surface area contributed by atoms with E-state index in [0.717, 1.165) is 11.0 Å². The van der Waals surface area contributed by atoms with E-state index in [4.69, 9.17) is 5.73 Å². The van der Waals surface area contributed by atoms with Crippen molar-refractivity contribution in [1.29, 1.82) is 0 Å². The lowest BCUT2D eigenvalue weighted by Gasteiger charge is -2.28. The van der Waals surface area contributed by atoms with Crippen molar-refractivity contribution in [2.24, 2.45) is 5.73 Å². The Labute approximate surface area is 389 Å². The van der Waals surface area contributed by atoms with Crippen molar-refractivity contribution in [3.63, 3.8) is 0 Å². The van der Waals surface area contributed by atoms with E-state index in [9.17, 15) is 48.9 Å². The number of hydrogen-bond acceptors (Lipinski definition) is 11. The van der Waals surface area contributed by atoms with Crippen molar-refractivity contribution < 1.29 is 48.9 Å². The molecule has 3 heterocycles. The third-order valence-electron chi connectivity index (χ3n) is 11.3. The molecule has 6 amide bonds. The van der Waals surface area contributed by atoms with Crippen molar-refractivity contribution in [2.75, 3.05) is 6.54 Å². The van der Waals surface area contributed by atoms with E-state index in [1.54, 1.807) is 79.1 Å². The number of hydrogen-bond donors (Lipinski definition) is 13. The predicted octanol–water partition coefficient (Wildman–Crippen LogP) is -0.643. The number of imidazole rings is 1. The zero-order valence-electron chi connectivity index (χ0n) is 37.2. The molecule has 0 aliphatic carbocycles. The summed E-state index contributed by atoms with van der Waals surface area (Å²) >= 11 is 0. The first-order valence-corrected chi connectivity index (χ1v) is 21.8. The van der Waals surface area contributed by atoms with Crippen LogP contribution in [0.15, 0.2) is 104 Å². The zero-order chi connectivity index (χ0) is 48.9. The molecular weight excluding hydrogens is 879 g/mol. The highest BCUT2D eigenvalue weighted by molar-refractivity contribution is 5.98. The van der Waals surface area contributed by atoms with Crippen LogP contribution < -0.4 is 37.6 Å². The van der Waals surface area contributed by atoms with E-state index in [1.165, 1.54) is 26.4 Å². The van der Waals surface area contributed by atoms with Gasteiger partial charge in [0.1, 0.15) is 36.3 Å². The number of H-pyrrole nitrogens is 3. The number of nitrogens with zero attached hydrogens (tertiary/aromatic N) is 1. The Bertz CT molecular complexity index is 2700. The molecule has 0 radical (unpaired) electrons. The van der Waals surface area contributed by atoms with Gasteiger partial charge in [0, 0.05) is 71.8 Å². The summed E-state index contributed by atoms with van der Waals surface area (Å²) in [4.78, 5) is 108. The summed E-state index contributed by atoms with van der Waals surface area (Å²) in [5.41, 5.74) is 9.17. The molecule has 8 atom stereocenters. The molecule has 0 fully saturated rings. The molecule has 14 N–H and O–H groups in total. The lowest BCUT2D eigenvalue weighted by atomic mass is 10.0. The Hall–Kier alpha value is -7.88. The second-order valence-corrected chi connectivity index (χ2v) is 16.4. The molecule has 6 rings (SSSR count). The summed E-state index contributed by atoms with van der Waals surface area (Å²) < 4.78 is 0. The largest absolute Gasteiger partial charge is 0.480 e. The number of para-hydroxylation sites is 2. The van der Waals surface area contributed by atoms with Crippen LogP contribution in [-0.4, -0.2) is 132 Å². The van der Waals surface area contributed by atoms with E-state index in [-0.39, 0.29) is 25.7 Å². The quantitative estimate of drug-likeness (QED) is 0.0382. The predicted molar refractivity (Wildman–Crippen MR) is 248 cm³/mol. The SMILES string of the molecule is CC(O)C(NC(=O)C(Cc1c[nH]c2ccccc12)NC(=O)C(Cc1c[nH]c2ccccc12)NC(=O)C(NC(=O)C(Cc1cnc[nH]1)NC(=O)CN)C(C)O)C(=O)NC(Cc1ccccc1)C(=O)O. The molecule has 8 unspecified atom stereocenters. The number of carboxylic acid groups (broad SMARTS) is 1. The molecule has 0 saturated heterocycles. The van der Waals surface area contributed by atoms with Crippen LogP contribution in [0.5, 0.6) is 0 Å². The first-order chi connectivity index (χ1) is 32.6. The Balaban J connectivity index is 1.28. The highest BCUT2D eigenvalue weighted by atomic mass is 16.4. The molecule has 358 valence electrons. The number of aromatic nitrogens is 4.